The second kappa shape index (κ2) is 4.37. The largest absolute Gasteiger partial charge is 0.294 e. The third-order valence-electron chi connectivity index (χ3n) is 3.35. The molecule has 0 aromatic carbocycles. The van der Waals surface area contributed by atoms with E-state index in [4.69, 9.17) is 0 Å². The molecule has 3 rings (SSSR count). The number of nitrogens with zero attached hydrogens (tertiary/aromatic N) is 3. The van der Waals surface area contributed by atoms with Crippen molar-refractivity contribution in [3.63, 3.8) is 0 Å². The first kappa shape index (κ1) is 11.1. The van der Waals surface area contributed by atoms with E-state index in [0.717, 1.165) is 41.9 Å². The lowest BCUT2D eigenvalue weighted by Gasteiger charge is -2.06. The van der Waals surface area contributed by atoms with Gasteiger partial charge in [-0.2, -0.15) is 5.10 Å². The standard InChI is InChI=1S/C14H15N3O/c1-10-6-7-15-14(8-10)17-12-4-2-3-5-13(18)11(12)9-16-17/h6-9H,2-5H2,1H3. The fraction of sp³-hybridized carbons (Fsp3) is 0.357. The van der Waals surface area contributed by atoms with Crippen LogP contribution in [0, 0.1) is 6.92 Å². The lowest BCUT2D eigenvalue weighted by Crippen LogP contribution is -2.06. The van der Waals surface area contributed by atoms with Crippen molar-refractivity contribution in [3.8, 4) is 5.82 Å². The van der Waals surface area contributed by atoms with Gasteiger partial charge in [-0.3, -0.25) is 4.79 Å². The number of hydrogen-bond donors (Lipinski definition) is 0. The predicted octanol–water partition coefficient (Wildman–Crippen LogP) is 2.48. The van der Waals surface area contributed by atoms with Gasteiger partial charge in [-0.15, -0.1) is 0 Å². The average molecular weight is 241 g/mol. The van der Waals surface area contributed by atoms with Gasteiger partial charge in [0.25, 0.3) is 0 Å². The summed E-state index contributed by atoms with van der Waals surface area (Å²) < 4.78 is 1.81. The second-order valence-corrected chi connectivity index (χ2v) is 4.74. The Morgan fingerprint density at radius 2 is 2.11 bits per heavy atom. The van der Waals surface area contributed by atoms with Gasteiger partial charge in [-0.05, 0) is 43.9 Å². The Kier molecular flexibility index (Phi) is 2.70. The van der Waals surface area contributed by atoms with Crippen LogP contribution in [0.1, 0.15) is 40.9 Å². The first-order valence-corrected chi connectivity index (χ1v) is 6.29. The Morgan fingerprint density at radius 1 is 1.28 bits per heavy atom. The number of carbonyl (C=O) groups is 1. The van der Waals surface area contributed by atoms with Crippen molar-refractivity contribution in [1.82, 2.24) is 14.8 Å². The molecule has 2 heterocycles. The average Bonchev–Trinajstić information content (AvgIpc) is 2.70. The van der Waals surface area contributed by atoms with E-state index in [1.807, 2.05) is 23.7 Å². The van der Waals surface area contributed by atoms with E-state index in [1.54, 1.807) is 12.4 Å². The third-order valence-corrected chi connectivity index (χ3v) is 3.35. The van der Waals surface area contributed by atoms with Gasteiger partial charge in [0.2, 0.25) is 0 Å². The van der Waals surface area contributed by atoms with Gasteiger partial charge in [0, 0.05) is 12.6 Å². The molecule has 92 valence electrons. The van der Waals surface area contributed by atoms with Crippen LogP contribution in [0.3, 0.4) is 0 Å². The van der Waals surface area contributed by atoms with Gasteiger partial charge in [0.05, 0.1) is 17.5 Å². The number of hydrogen-bond acceptors (Lipinski definition) is 3. The van der Waals surface area contributed by atoms with Crippen molar-refractivity contribution in [1.29, 1.82) is 0 Å². The maximum atomic E-state index is 11.9. The number of aromatic nitrogens is 3. The molecule has 0 atom stereocenters. The molecule has 0 saturated carbocycles. The van der Waals surface area contributed by atoms with E-state index < -0.39 is 0 Å². The van der Waals surface area contributed by atoms with Gasteiger partial charge in [-0.25, -0.2) is 9.67 Å². The number of pyridine rings is 1. The molecule has 0 aliphatic heterocycles. The molecule has 1 aliphatic carbocycles. The van der Waals surface area contributed by atoms with Crippen LogP contribution < -0.4 is 0 Å². The van der Waals surface area contributed by atoms with E-state index in [1.165, 1.54) is 0 Å². The highest BCUT2D eigenvalue weighted by molar-refractivity contribution is 5.97. The summed E-state index contributed by atoms with van der Waals surface area (Å²) in [5, 5.41) is 4.33. The van der Waals surface area contributed by atoms with Gasteiger partial charge in [0.15, 0.2) is 11.6 Å². The molecule has 2 aromatic rings. The smallest absolute Gasteiger partial charge is 0.166 e. The van der Waals surface area contributed by atoms with Crippen molar-refractivity contribution in [3.05, 3.63) is 41.3 Å². The third kappa shape index (κ3) is 1.83. The molecule has 18 heavy (non-hydrogen) atoms. The summed E-state index contributed by atoms with van der Waals surface area (Å²) in [6.45, 7) is 2.03. The Labute approximate surface area is 106 Å². The lowest BCUT2D eigenvalue weighted by atomic mass is 10.1. The summed E-state index contributed by atoms with van der Waals surface area (Å²) in [5.74, 6) is 1.01. The molecule has 4 heteroatoms. The number of ketones is 1. The van der Waals surface area contributed by atoms with Gasteiger partial charge >= 0.3 is 0 Å². The van der Waals surface area contributed by atoms with E-state index in [-0.39, 0.29) is 5.78 Å². The monoisotopic (exact) mass is 241 g/mol. The highest BCUT2D eigenvalue weighted by Crippen LogP contribution is 2.22. The molecule has 0 saturated heterocycles. The highest BCUT2D eigenvalue weighted by Gasteiger charge is 2.21. The van der Waals surface area contributed by atoms with E-state index in [9.17, 15) is 4.79 Å². The Morgan fingerprint density at radius 3 is 2.94 bits per heavy atom. The van der Waals surface area contributed by atoms with Gasteiger partial charge in [-0.1, -0.05) is 0 Å². The van der Waals surface area contributed by atoms with Crippen LogP contribution in [0.25, 0.3) is 5.82 Å². The van der Waals surface area contributed by atoms with Crippen molar-refractivity contribution < 1.29 is 4.79 Å². The zero-order valence-electron chi connectivity index (χ0n) is 10.4. The minimum atomic E-state index is 0.210. The Bertz CT molecular complexity index is 601. The van der Waals surface area contributed by atoms with E-state index >= 15 is 0 Å². The first-order valence-electron chi connectivity index (χ1n) is 6.29. The van der Waals surface area contributed by atoms with Gasteiger partial charge in [0.1, 0.15) is 0 Å². The van der Waals surface area contributed by atoms with E-state index in [0.29, 0.717) is 6.42 Å². The van der Waals surface area contributed by atoms with Crippen molar-refractivity contribution in [2.24, 2.45) is 0 Å². The van der Waals surface area contributed by atoms with Crippen LogP contribution in [-0.2, 0) is 6.42 Å². The summed E-state index contributed by atoms with van der Waals surface area (Å²) in [6, 6.07) is 3.94. The minimum absolute atomic E-state index is 0.210. The summed E-state index contributed by atoms with van der Waals surface area (Å²) in [7, 11) is 0. The molecule has 0 unspecified atom stereocenters. The van der Waals surface area contributed by atoms with Crippen LogP contribution in [0.2, 0.25) is 0 Å². The number of aryl methyl sites for hydroxylation is 1. The molecular formula is C14H15N3O. The predicted molar refractivity (Wildman–Crippen MR) is 68.0 cm³/mol. The molecule has 0 N–H and O–H groups in total. The van der Waals surface area contributed by atoms with Crippen molar-refractivity contribution >= 4 is 5.78 Å². The van der Waals surface area contributed by atoms with Crippen LogP contribution >= 0.6 is 0 Å². The molecule has 0 amide bonds. The van der Waals surface area contributed by atoms with Crippen LogP contribution in [0.15, 0.2) is 24.5 Å². The fourth-order valence-corrected chi connectivity index (χ4v) is 2.39. The molecule has 4 nitrogen and oxygen atoms in total. The number of carbonyl (C=O) groups excluding carboxylic acids is 1. The normalized spacial score (nSPS) is 15.3. The lowest BCUT2D eigenvalue weighted by molar-refractivity contribution is 0.0982. The number of fused-ring (bicyclic) bond motifs is 1. The van der Waals surface area contributed by atoms with Crippen LogP contribution in [-0.4, -0.2) is 20.5 Å². The van der Waals surface area contributed by atoms with Crippen LogP contribution in [0.5, 0.6) is 0 Å². The second-order valence-electron chi connectivity index (χ2n) is 4.74. The molecule has 2 aromatic heterocycles. The molecular weight excluding hydrogens is 226 g/mol. The number of Topliss-reactive ketones (excluding diaryl/α,β-unsaturated/α-hetero) is 1. The zero-order valence-corrected chi connectivity index (χ0v) is 10.4. The first-order chi connectivity index (χ1) is 8.75. The zero-order chi connectivity index (χ0) is 12.5. The number of rotatable bonds is 1. The summed E-state index contributed by atoms with van der Waals surface area (Å²) in [4.78, 5) is 16.3. The van der Waals surface area contributed by atoms with E-state index in [2.05, 4.69) is 10.1 Å². The van der Waals surface area contributed by atoms with Crippen LogP contribution in [0.4, 0.5) is 0 Å². The SMILES string of the molecule is Cc1ccnc(-n2ncc3c2CCCCC3=O)c1. The summed E-state index contributed by atoms with van der Waals surface area (Å²) in [5.41, 5.74) is 2.93. The minimum Gasteiger partial charge on any atom is -0.294 e. The summed E-state index contributed by atoms with van der Waals surface area (Å²) in [6.07, 6.45) is 7.01. The topological polar surface area (TPSA) is 47.8 Å². The molecule has 0 spiro atoms. The molecule has 0 fully saturated rings. The molecule has 0 radical (unpaired) electrons. The molecule has 0 bridgehead atoms. The van der Waals surface area contributed by atoms with Crippen molar-refractivity contribution in [2.75, 3.05) is 0 Å². The Balaban J connectivity index is 2.11. The molecule has 1 aliphatic rings. The van der Waals surface area contributed by atoms with Crippen molar-refractivity contribution in [2.45, 2.75) is 32.6 Å². The van der Waals surface area contributed by atoms with Gasteiger partial charge < -0.3 is 0 Å². The summed E-state index contributed by atoms with van der Waals surface area (Å²) >= 11 is 0. The highest BCUT2D eigenvalue weighted by atomic mass is 16.1. The quantitative estimate of drug-likeness (QED) is 0.721. The maximum Gasteiger partial charge on any atom is 0.166 e. The maximum absolute atomic E-state index is 11.9. The fourth-order valence-electron chi connectivity index (χ4n) is 2.39. The Hall–Kier alpha value is -1.97.